The third-order valence-electron chi connectivity index (χ3n) is 5.71. The molecule has 0 aromatic rings. The van der Waals surface area contributed by atoms with Crippen molar-refractivity contribution >= 4 is 0 Å². The van der Waals surface area contributed by atoms with E-state index in [4.69, 9.17) is 0 Å². The highest BCUT2D eigenvalue weighted by Crippen LogP contribution is 2.20. The van der Waals surface area contributed by atoms with Crippen LogP contribution in [0.5, 0.6) is 0 Å². The Labute approximate surface area is 158 Å². The van der Waals surface area contributed by atoms with Gasteiger partial charge in [-0.05, 0) is 24.3 Å². The lowest BCUT2D eigenvalue weighted by Gasteiger charge is -2.19. The molecule has 1 N–H and O–H groups in total. The number of nitrogens with one attached hydrogen (secondary N) is 1. The molecule has 25 heavy (non-hydrogen) atoms. The molecule has 0 heterocycles. The second kappa shape index (κ2) is 15.5. The number of allylic oxidation sites excluding steroid dienone is 3. The van der Waals surface area contributed by atoms with Crippen molar-refractivity contribution in [1.29, 1.82) is 0 Å². The predicted octanol–water partition coefficient (Wildman–Crippen LogP) is 7.78. The molecule has 146 valence electrons. The van der Waals surface area contributed by atoms with Crippen LogP contribution in [-0.2, 0) is 0 Å². The van der Waals surface area contributed by atoms with E-state index in [-0.39, 0.29) is 0 Å². The molecule has 0 aromatic carbocycles. The van der Waals surface area contributed by atoms with Crippen LogP contribution in [0.3, 0.4) is 0 Å². The molecule has 0 radical (unpaired) electrons. The minimum atomic E-state index is 0.670. The highest BCUT2D eigenvalue weighted by Gasteiger charge is 2.11. The number of rotatable bonds is 16. The fourth-order valence-corrected chi connectivity index (χ4v) is 3.59. The number of unbranched alkanes of at least 4 members (excludes halogenated alkanes) is 13. The number of hydrogen-bond acceptors (Lipinski definition) is 1. The topological polar surface area (TPSA) is 12.0 Å². The van der Waals surface area contributed by atoms with Gasteiger partial charge in [0.05, 0.1) is 0 Å². The fraction of sp³-hybridized carbons (Fsp3) is 0.833. The van der Waals surface area contributed by atoms with Gasteiger partial charge in [0.1, 0.15) is 0 Å². The molecular formula is C24H45N. The van der Waals surface area contributed by atoms with E-state index in [1.54, 1.807) is 0 Å². The van der Waals surface area contributed by atoms with Crippen molar-refractivity contribution < 1.29 is 0 Å². The standard InChI is InChI=1S/C24H45N/c1-4-5-6-7-8-9-10-11-12-13-14-15-16-17-20-25-24-19-18-22(2)23(3)21-24/h18-19,21-23,25H,4-17,20H2,1-3H3. The maximum absolute atomic E-state index is 3.59. The van der Waals surface area contributed by atoms with E-state index in [1.165, 1.54) is 95.6 Å². The molecule has 0 saturated heterocycles. The van der Waals surface area contributed by atoms with Gasteiger partial charge in [0, 0.05) is 12.2 Å². The summed E-state index contributed by atoms with van der Waals surface area (Å²) in [6, 6.07) is 0. The Morgan fingerprint density at radius 1 is 0.680 bits per heavy atom. The van der Waals surface area contributed by atoms with Gasteiger partial charge in [-0.15, -0.1) is 0 Å². The molecule has 1 heteroatoms. The molecule has 0 bridgehead atoms. The largest absolute Gasteiger partial charge is 0.385 e. The van der Waals surface area contributed by atoms with Crippen molar-refractivity contribution in [3.63, 3.8) is 0 Å². The Hall–Kier alpha value is -0.720. The molecular weight excluding hydrogens is 302 g/mol. The first-order valence-electron chi connectivity index (χ1n) is 11.4. The Bertz CT molecular complexity index is 355. The first-order valence-corrected chi connectivity index (χ1v) is 11.4. The van der Waals surface area contributed by atoms with Crippen molar-refractivity contribution in [1.82, 2.24) is 5.32 Å². The Morgan fingerprint density at radius 3 is 1.64 bits per heavy atom. The van der Waals surface area contributed by atoms with Crippen LogP contribution in [-0.4, -0.2) is 6.54 Å². The molecule has 2 unspecified atom stereocenters. The third kappa shape index (κ3) is 12.3. The summed E-state index contributed by atoms with van der Waals surface area (Å²) < 4.78 is 0. The Kier molecular flexibility index (Phi) is 13.9. The van der Waals surface area contributed by atoms with Gasteiger partial charge in [0.25, 0.3) is 0 Å². The van der Waals surface area contributed by atoms with Gasteiger partial charge in [-0.3, -0.25) is 0 Å². The zero-order valence-corrected chi connectivity index (χ0v) is 17.5. The van der Waals surface area contributed by atoms with Crippen molar-refractivity contribution in [3.05, 3.63) is 23.9 Å². The van der Waals surface area contributed by atoms with Gasteiger partial charge in [-0.25, -0.2) is 0 Å². The molecule has 1 rings (SSSR count). The summed E-state index contributed by atoms with van der Waals surface area (Å²) in [5.74, 6) is 1.36. The average Bonchev–Trinajstić information content (AvgIpc) is 2.61. The smallest absolute Gasteiger partial charge is 0.0299 e. The second-order valence-electron chi connectivity index (χ2n) is 8.22. The zero-order valence-electron chi connectivity index (χ0n) is 17.5. The van der Waals surface area contributed by atoms with E-state index >= 15 is 0 Å². The van der Waals surface area contributed by atoms with Gasteiger partial charge in [-0.2, -0.15) is 0 Å². The van der Waals surface area contributed by atoms with Crippen molar-refractivity contribution in [2.24, 2.45) is 11.8 Å². The molecule has 0 saturated carbocycles. The first kappa shape index (κ1) is 22.3. The summed E-state index contributed by atoms with van der Waals surface area (Å²) in [7, 11) is 0. The van der Waals surface area contributed by atoms with E-state index in [0.717, 1.165) is 6.54 Å². The average molecular weight is 348 g/mol. The summed E-state index contributed by atoms with van der Waals surface area (Å²) >= 11 is 0. The van der Waals surface area contributed by atoms with Crippen molar-refractivity contribution in [2.45, 2.75) is 111 Å². The molecule has 0 aliphatic heterocycles. The van der Waals surface area contributed by atoms with Crippen LogP contribution < -0.4 is 5.32 Å². The monoisotopic (exact) mass is 347 g/mol. The third-order valence-corrected chi connectivity index (χ3v) is 5.71. The highest BCUT2D eigenvalue weighted by molar-refractivity contribution is 5.23. The van der Waals surface area contributed by atoms with Crippen LogP contribution in [0.25, 0.3) is 0 Å². The van der Waals surface area contributed by atoms with Crippen LogP contribution >= 0.6 is 0 Å². The van der Waals surface area contributed by atoms with Gasteiger partial charge in [0.2, 0.25) is 0 Å². The minimum Gasteiger partial charge on any atom is -0.385 e. The molecule has 1 aliphatic rings. The predicted molar refractivity (Wildman–Crippen MR) is 114 cm³/mol. The summed E-state index contributed by atoms with van der Waals surface area (Å²) in [6.07, 6.45) is 27.0. The van der Waals surface area contributed by atoms with Gasteiger partial charge < -0.3 is 5.32 Å². The molecule has 1 aliphatic carbocycles. The van der Waals surface area contributed by atoms with E-state index in [0.29, 0.717) is 11.8 Å². The molecule has 0 amide bonds. The van der Waals surface area contributed by atoms with E-state index in [9.17, 15) is 0 Å². The second-order valence-corrected chi connectivity index (χ2v) is 8.22. The first-order chi connectivity index (χ1) is 12.2. The van der Waals surface area contributed by atoms with Crippen molar-refractivity contribution in [2.75, 3.05) is 6.54 Å². The lowest BCUT2D eigenvalue weighted by atomic mass is 9.91. The normalized spacial score (nSPS) is 19.9. The molecule has 1 nitrogen and oxygen atoms in total. The fourth-order valence-electron chi connectivity index (χ4n) is 3.59. The van der Waals surface area contributed by atoms with Crippen LogP contribution in [0.1, 0.15) is 111 Å². The van der Waals surface area contributed by atoms with E-state index in [2.05, 4.69) is 44.3 Å². The Balaban J connectivity index is 1.78. The lowest BCUT2D eigenvalue weighted by molar-refractivity contribution is 0.529. The van der Waals surface area contributed by atoms with Gasteiger partial charge >= 0.3 is 0 Å². The SMILES string of the molecule is CCCCCCCCCCCCCCCCNC1=CC(C)C(C)C=C1. The molecule has 2 atom stereocenters. The van der Waals surface area contributed by atoms with Crippen LogP contribution in [0, 0.1) is 11.8 Å². The minimum absolute atomic E-state index is 0.670. The Morgan fingerprint density at radius 2 is 1.16 bits per heavy atom. The maximum Gasteiger partial charge on any atom is 0.0299 e. The zero-order chi connectivity index (χ0) is 18.2. The van der Waals surface area contributed by atoms with Crippen molar-refractivity contribution in [3.8, 4) is 0 Å². The summed E-state index contributed by atoms with van der Waals surface area (Å²) in [4.78, 5) is 0. The highest BCUT2D eigenvalue weighted by atomic mass is 14.9. The summed E-state index contributed by atoms with van der Waals surface area (Å²) in [5, 5.41) is 3.59. The molecule has 0 aromatic heterocycles. The van der Waals surface area contributed by atoms with Crippen LogP contribution in [0.15, 0.2) is 23.9 Å². The summed E-state index contributed by atoms with van der Waals surface area (Å²) in [5.41, 5.74) is 1.33. The maximum atomic E-state index is 3.59. The van der Waals surface area contributed by atoms with E-state index in [1.807, 2.05) is 0 Å². The number of hydrogen-bond donors (Lipinski definition) is 1. The molecule has 0 spiro atoms. The van der Waals surface area contributed by atoms with Gasteiger partial charge in [-0.1, -0.05) is 116 Å². The lowest BCUT2D eigenvalue weighted by Crippen LogP contribution is -2.18. The van der Waals surface area contributed by atoms with Crippen LogP contribution in [0.2, 0.25) is 0 Å². The molecule has 0 fully saturated rings. The quantitative estimate of drug-likeness (QED) is 0.281. The van der Waals surface area contributed by atoms with Crippen LogP contribution in [0.4, 0.5) is 0 Å². The van der Waals surface area contributed by atoms with E-state index < -0.39 is 0 Å². The summed E-state index contributed by atoms with van der Waals surface area (Å²) in [6.45, 7) is 8.03. The van der Waals surface area contributed by atoms with Gasteiger partial charge in [0.15, 0.2) is 0 Å².